The lowest BCUT2D eigenvalue weighted by atomic mass is 10.0. The van der Waals surface area contributed by atoms with Gasteiger partial charge < -0.3 is 19.3 Å². The summed E-state index contributed by atoms with van der Waals surface area (Å²) in [4.78, 5) is 0. The van der Waals surface area contributed by atoms with Crippen LogP contribution >= 0.6 is 0 Å². The summed E-state index contributed by atoms with van der Waals surface area (Å²) < 4.78 is 16.5. The summed E-state index contributed by atoms with van der Waals surface area (Å²) in [5.74, 6) is 0. The predicted molar refractivity (Wildman–Crippen MR) is 71.9 cm³/mol. The molecular weight excluding hydrogens is 244 g/mol. The predicted octanol–water partition coefficient (Wildman–Crippen LogP) is 2.06. The highest BCUT2D eigenvalue weighted by atomic mass is 16.5. The van der Waals surface area contributed by atoms with Crippen LogP contribution in [0, 0.1) is 0 Å². The third-order valence-electron chi connectivity index (χ3n) is 3.39. The molecule has 0 amide bonds. The summed E-state index contributed by atoms with van der Waals surface area (Å²) in [6.07, 6.45) is 1.67. The first kappa shape index (κ1) is 14.5. The monoisotopic (exact) mass is 266 g/mol. The number of aliphatic hydroxyl groups is 1. The summed E-state index contributed by atoms with van der Waals surface area (Å²) in [6.45, 7) is 1.99. The van der Waals surface area contributed by atoms with Gasteiger partial charge in [0.15, 0.2) is 0 Å². The number of methoxy groups -OCH3 is 1. The molecule has 0 saturated carbocycles. The number of hydrogen-bond acceptors (Lipinski definition) is 4. The minimum Gasteiger partial charge on any atom is -0.393 e. The SMILES string of the molecule is COCc1ccccc1[C@H](CO)OC1CCOCC1. The van der Waals surface area contributed by atoms with Crippen LogP contribution in [0.25, 0.3) is 0 Å². The normalized spacial score (nSPS) is 18.4. The van der Waals surface area contributed by atoms with Crippen molar-refractivity contribution in [2.45, 2.75) is 31.7 Å². The fourth-order valence-electron chi connectivity index (χ4n) is 2.39. The van der Waals surface area contributed by atoms with Crippen molar-refractivity contribution in [2.75, 3.05) is 26.9 Å². The van der Waals surface area contributed by atoms with Crippen LogP contribution in [0.15, 0.2) is 24.3 Å². The van der Waals surface area contributed by atoms with E-state index in [1.807, 2.05) is 24.3 Å². The number of ether oxygens (including phenoxy) is 3. The van der Waals surface area contributed by atoms with Crippen LogP contribution in [-0.2, 0) is 20.8 Å². The van der Waals surface area contributed by atoms with E-state index < -0.39 is 0 Å². The zero-order valence-electron chi connectivity index (χ0n) is 11.4. The summed E-state index contributed by atoms with van der Waals surface area (Å²) in [7, 11) is 1.67. The van der Waals surface area contributed by atoms with Gasteiger partial charge in [0.1, 0.15) is 6.10 Å². The van der Waals surface area contributed by atoms with Crippen molar-refractivity contribution in [3.05, 3.63) is 35.4 Å². The van der Waals surface area contributed by atoms with E-state index >= 15 is 0 Å². The Morgan fingerprint density at radius 3 is 2.74 bits per heavy atom. The lowest BCUT2D eigenvalue weighted by Crippen LogP contribution is -2.26. The summed E-state index contributed by atoms with van der Waals surface area (Å²) in [5.41, 5.74) is 2.08. The van der Waals surface area contributed by atoms with Gasteiger partial charge in [-0.1, -0.05) is 24.3 Å². The van der Waals surface area contributed by atoms with E-state index in [4.69, 9.17) is 14.2 Å². The Hall–Kier alpha value is -0.940. The van der Waals surface area contributed by atoms with Crippen LogP contribution in [0.4, 0.5) is 0 Å². The molecule has 1 heterocycles. The lowest BCUT2D eigenvalue weighted by Gasteiger charge is -2.28. The molecule has 1 N–H and O–H groups in total. The molecule has 4 nitrogen and oxygen atoms in total. The Morgan fingerprint density at radius 2 is 2.05 bits per heavy atom. The van der Waals surface area contributed by atoms with Gasteiger partial charge in [-0.05, 0) is 24.0 Å². The van der Waals surface area contributed by atoms with Crippen molar-refractivity contribution >= 4 is 0 Å². The number of rotatable bonds is 6. The van der Waals surface area contributed by atoms with E-state index in [0.717, 1.165) is 37.2 Å². The van der Waals surface area contributed by atoms with Gasteiger partial charge in [-0.25, -0.2) is 0 Å². The Kier molecular flexibility index (Phi) is 5.79. The van der Waals surface area contributed by atoms with Crippen LogP contribution in [0.2, 0.25) is 0 Å². The first-order chi connectivity index (χ1) is 9.35. The molecule has 1 aliphatic heterocycles. The fourth-order valence-corrected chi connectivity index (χ4v) is 2.39. The van der Waals surface area contributed by atoms with Crippen LogP contribution in [-0.4, -0.2) is 38.1 Å². The van der Waals surface area contributed by atoms with E-state index in [1.165, 1.54) is 0 Å². The Balaban J connectivity index is 2.07. The van der Waals surface area contributed by atoms with Crippen LogP contribution < -0.4 is 0 Å². The Morgan fingerprint density at radius 1 is 1.32 bits per heavy atom. The van der Waals surface area contributed by atoms with Crippen LogP contribution in [0.3, 0.4) is 0 Å². The van der Waals surface area contributed by atoms with Crippen molar-refractivity contribution in [2.24, 2.45) is 0 Å². The number of hydrogen-bond donors (Lipinski definition) is 1. The summed E-state index contributed by atoms with van der Waals surface area (Å²) in [5, 5.41) is 9.61. The average molecular weight is 266 g/mol. The molecule has 106 valence electrons. The van der Waals surface area contributed by atoms with Crippen LogP contribution in [0.5, 0.6) is 0 Å². The molecule has 0 unspecified atom stereocenters. The number of benzene rings is 1. The van der Waals surface area contributed by atoms with Gasteiger partial charge in [-0.15, -0.1) is 0 Å². The maximum absolute atomic E-state index is 9.61. The van der Waals surface area contributed by atoms with Gasteiger partial charge in [0.2, 0.25) is 0 Å². The van der Waals surface area contributed by atoms with E-state index in [0.29, 0.717) is 6.61 Å². The molecule has 0 bridgehead atoms. The number of aliphatic hydroxyl groups excluding tert-OH is 1. The van der Waals surface area contributed by atoms with Gasteiger partial charge in [-0.3, -0.25) is 0 Å². The van der Waals surface area contributed by atoms with Gasteiger partial charge in [-0.2, -0.15) is 0 Å². The highest BCUT2D eigenvalue weighted by Crippen LogP contribution is 2.26. The third-order valence-corrected chi connectivity index (χ3v) is 3.39. The largest absolute Gasteiger partial charge is 0.393 e. The smallest absolute Gasteiger partial charge is 0.106 e. The molecule has 19 heavy (non-hydrogen) atoms. The molecule has 1 aliphatic rings. The highest BCUT2D eigenvalue weighted by Gasteiger charge is 2.21. The molecule has 0 spiro atoms. The summed E-state index contributed by atoms with van der Waals surface area (Å²) >= 11 is 0. The van der Waals surface area contributed by atoms with Gasteiger partial charge in [0.25, 0.3) is 0 Å². The van der Waals surface area contributed by atoms with E-state index in [9.17, 15) is 5.11 Å². The van der Waals surface area contributed by atoms with Crippen molar-refractivity contribution < 1.29 is 19.3 Å². The highest BCUT2D eigenvalue weighted by molar-refractivity contribution is 5.28. The molecule has 1 fully saturated rings. The molecular formula is C15H22O4. The van der Waals surface area contributed by atoms with Gasteiger partial charge >= 0.3 is 0 Å². The van der Waals surface area contributed by atoms with Crippen molar-refractivity contribution in [3.8, 4) is 0 Å². The first-order valence-corrected chi connectivity index (χ1v) is 6.76. The molecule has 4 heteroatoms. The van der Waals surface area contributed by atoms with Gasteiger partial charge in [0, 0.05) is 20.3 Å². The maximum Gasteiger partial charge on any atom is 0.106 e. The summed E-state index contributed by atoms with van der Waals surface area (Å²) in [6, 6.07) is 7.94. The minimum atomic E-state index is -0.283. The molecule has 0 aliphatic carbocycles. The average Bonchev–Trinajstić information content (AvgIpc) is 2.47. The fraction of sp³-hybridized carbons (Fsp3) is 0.600. The molecule has 1 atom stereocenters. The molecule has 2 rings (SSSR count). The zero-order chi connectivity index (χ0) is 13.5. The molecule has 1 aromatic rings. The van der Waals surface area contributed by atoms with E-state index in [1.54, 1.807) is 7.11 Å². The Labute approximate surface area is 114 Å². The van der Waals surface area contributed by atoms with Crippen molar-refractivity contribution in [1.29, 1.82) is 0 Å². The maximum atomic E-state index is 9.61. The lowest BCUT2D eigenvalue weighted by molar-refractivity contribution is -0.0853. The van der Waals surface area contributed by atoms with E-state index in [2.05, 4.69) is 0 Å². The quantitative estimate of drug-likeness (QED) is 0.856. The van der Waals surface area contributed by atoms with Crippen molar-refractivity contribution in [3.63, 3.8) is 0 Å². The van der Waals surface area contributed by atoms with Crippen molar-refractivity contribution in [1.82, 2.24) is 0 Å². The van der Waals surface area contributed by atoms with Crippen LogP contribution in [0.1, 0.15) is 30.1 Å². The molecule has 1 saturated heterocycles. The second-order valence-electron chi connectivity index (χ2n) is 4.75. The zero-order valence-corrected chi connectivity index (χ0v) is 11.4. The Bertz CT molecular complexity index is 374. The van der Waals surface area contributed by atoms with E-state index in [-0.39, 0.29) is 18.8 Å². The molecule has 1 aromatic carbocycles. The minimum absolute atomic E-state index is 0.0158. The topological polar surface area (TPSA) is 47.9 Å². The second kappa shape index (κ2) is 7.60. The molecule has 0 radical (unpaired) electrons. The standard InChI is InChI=1S/C15H22O4/c1-17-11-12-4-2-3-5-14(12)15(10-16)19-13-6-8-18-9-7-13/h2-5,13,15-16H,6-11H2,1H3/t15-/m0/s1. The first-order valence-electron chi connectivity index (χ1n) is 6.76. The van der Waals surface area contributed by atoms with Gasteiger partial charge in [0.05, 0.1) is 19.3 Å². The second-order valence-corrected chi connectivity index (χ2v) is 4.75. The molecule has 0 aromatic heterocycles. The third kappa shape index (κ3) is 4.01.